The summed E-state index contributed by atoms with van der Waals surface area (Å²) in [5.41, 5.74) is 0.865. The van der Waals surface area contributed by atoms with E-state index in [1.165, 1.54) is 18.3 Å². The third-order valence-corrected chi connectivity index (χ3v) is 4.58. The molecule has 8 nitrogen and oxygen atoms in total. The molecular formula is C16H19N3O5S. The summed E-state index contributed by atoms with van der Waals surface area (Å²) in [6, 6.07) is 5.89. The van der Waals surface area contributed by atoms with Crippen LogP contribution in [0.5, 0.6) is 11.5 Å². The van der Waals surface area contributed by atoms with E-state index in [0.717, 1.165) is 6.21 Å². The topological polar surface area (TPSA) is 121 Å². The summed E-state index contributed by atoms with van der Waals surface area (Å²) in [5.74, 6) is 0.394. The summed E-state index contributed by atoms with van der Waals surface area (Å²) in [7, 11) is -3.87. The molecule has 9 heteroatoms. The zero-order valence-corrected chi connectivity index (χ0v) is 14.6. The molecule has 134 valence electrons. The molecule has 0 aliphatic heterocycles. The number of aliphatic hydroxyl groups is 1. The molecule has 0 amide bonds. The first-order chi connectivity index (χ1) is 11.9. The molecule has 0 spiro atoms. The number of nitrogens with zero attached hydrogens (tertiary/aromatic N) is 2. The van der Waals surface area contributed by atoms with Gasteiger partial charge in [-0.2, -0.15) is 13.5 Å². The quantitative estimate of drug-likeness (QED) is 0.502. The summed E-state index contributed by atoms with van der Waals surface area (Å²) in [6.45, 7) is 3.53. The maximum Gasteiger partial charge on any atom is 0.276 e. The van der Waals surface area contributed by atoms with Crippen molar-refractivity contribution in [3.05, 3.63) is 47.3 Å². The molecule has 25 heavy (non-hydrogen) atoms. The largest absolute Gasteiger partial charge is 0.505 e. The lowest BCUT2D eigenvalue weighted by Gasteiger charge is -2.08. The van der Waals surface area contributed by atoms with Crippen LogP contribution in [0.1, 0.15) is 23.7 Å². The van der Waals surface area contributed by atoms with Gasteiger partial charge in [0.1, 0.15) is 11.5 Å². The predicted octanol–water partition coefficient (Wildman–Crippen LogP) is 1.30. The minimum Gasteiger partial charge on any atom is -0.505 e. The average Bonchev–Trinajstić information content (AvgIpc) is 2.59. The Bertz CT molecular complexity index is 864. The fourth-order valence-corrected chi connectivity index (χ4v) is 2.81. The van der Waals surface area contributed by atoms with Gasteiger partial charge in [-0.3, -0.25) is 4.98 Å². The molecular weight excluding hydrogens is 346 g/mol. The number of sulfonamides is 1. The van der Waals surface area contributed by atoms with E-state index in [-0.39, 0.29) is 22.8 Å². The van der Waals surface area contributed by atoms with Gasteiger partial charge >= 0.3 is 0 Å². The van der Waals surface area contributed by atoms with E-state index >= 15 is 0 Å². The van der Waals surface area contributed by atoms with Crippen molar-refractivity contribution in [1.29, 1.82) is 0 Å². The number of ether oxygens (including phenoxy) is 1. The van der Waals surface area contributed by atoms with Crippen molar-refractivity contribution in [3.8, 4) is 11.5 Å². The predicted molar refractivity (Wildman–Crippen MR) is 92.1 cm³/mol. The first-order valence-corrected chi connectivity index (χ1v) is 8.93. The van der Waals surface area contributed by atoms with E-state index in [1.54, 1.807) is 19.1 Å². The molecule has 2 aromatic rings. The van der Waals surface area contributed by atoms with Crippen LogP contribution in [0.2, 0.25) is 0 Å². The summed E-state index contributed by atoms with van der Waals surface area (Å²) >= 11 is 0. The normalized spacial score (nSPS) is 11.6. The third kappa shape index (κ3) is 4.46. The number of hydrogen-bond donors (Lipinski definition) is 3. The van der Waals surface area contributed by atoms with Crippen LogP contribution in [0.25, 0.3) is 0 Å². The van der Waals surface area contributed by atoms with Crippen molar-refractivity contribution < 1.29 is 23.4 Å². The first kappa shape index (κ1) is 18.7. The summed E-state index contributed by atoms with van der Waals surface area (Å²) in [4.78, 5) is 6.00. The maximum absolute atomic E-state index is 12.2. The first-order valence-electron chi connectivity index (χ1n) is 7.45. The molecule has 0 radical (unpaired) electrons. The Kier molecular flexibility index (Phi) is 5.94. The lowest BCUT2D eigenvalue weighted by molar-refractivity contribution is 0.280. The molecule has 0 atom stereocenters. The van der Waals surface area contributed by atoms with E-state index in [9.17, 15) is 18.6 Å². The lowest BCUT2D eigenvalue weighted by atomic mass is 10.1. The number of aromatic nitrogens is 1. The highest BCUT2D eigenvalue weighted by atomic mass is 32.2. The Morgan fingerprint density at radius 2 is 2.00 bits per heavy atom. The number of benzene rings is 1. The number of aryl methyl sites for hydroxylation is 1. The van der Waals surface area contributed by atoms with E-state index in [4.69, 9.17) is 4.74 Å². The fourth-order valence-electron chi connectivity index (χ4n) is 2.02. The van der Waals surface area contributed by atoms with Gasteiger partial charge in [0.15, 0.2) is 0 Å². The van der Waals surface area contributed by atoms with Gasteiger partial charge in [0.25, 0.3) is 10.0 Å². The molecule has 0 aliphatic rings. The van der Waals surface area contributed by atoms with E-state index in [2.05, 4.69) is 14.9 Å². The molecule has 0 saturated heterocycles. The minimum absolute atomic E-state index is 0.0191. The molecule has 1 aromatic heterocycles. The van der Waals surface area contributed by atoms with Crippen molar-refractivity contribution >= 4 is 16.2 Å². The monoisotopic (exact) mass is 365 g/mol. The van der Waals surface area contributed by atoms with Gasteiger partial charge in [-0.1, -0.05) is 0 Å². The fraction of sp³-hybridized carbons (Fsp3) is 0.250. The van der Waals surface area contributed by atoms with Crippen LogP contribution in [-0.2, 0) is 16.6 Å². The van der Waals surface area contributed by atoms with Crippen molar-refractivity contribution in [2.45, 2.75) is 25.3 Å². The molecule has 0 aliphatic carbocycles. The third-order valence-electron chi connectivity index (χ3n) is 3.34. The number of nitrogens with one attached hydrogen (secondary N) is 1. The molecule has 1 heterocycles. The lowest BCUT2D eigenvalue weighted by Crippen LogP contribution is -2.18. The molecule has 0 unspecified atom stereocenters. The average molecular weight is 365 g/mol. The van der Waals surface area contributed by atoms with Crippen LogP contribution in [0.4, 0.5) is 0 Å². The summed E-state index contributed by atoms with van der Waals surface area (Å²) < 4.78 is 29.7. The van der Waals surface area contributed by atoms with Gasteiger partial charge < -0.3 is 14.9 Å². The standard InChI is InChI=1S/C16H19N3O5S/c1-3-24-13-4-6-14(7-5-13)25(22,23)19-18-9-15-12(10-20)8-17-11(2)16(15)21/h4-9,19-21H,3,10H2,1-2H3. The number of hydrogen-bond acceptors (Lipinski definition) is 7. The van der Waals surface area contributed by atoms with Gasteiger partial charge in [0.2, 0.25) is 0 Å². The molecule has 0 fully saturated rings. The van der Waals surface area contributed by atoms with E-state index in [1.807, 2.05) is 6.92 Å². The highest BCUT2D eigenvalue weighted by molar-refractivity contribution is 7.89. The van der Waals surface area contributed by atoms with Crippen molar-refractivity contribution in [2.75, 3.05) is 6.61 Å². The van der Waals surface area contributed by atoms with Crippen molar-refractivity contribution in [2.24, 2.45) is 5.10 Å². The second-order valence-electron chi connectivity index (χ2n) is 5.05. The molecule has 0 bridgehead atoms. The maximum atomic E-state index is 12.2. The van der Waals surface area contributed by atoms with Gasteiger partial charge in [-0.15, -0.1) is 0 Å². The number of aliphatic hydroxyl groups excluding tert-OH is 1. The van der Waals surface area contributed by atoms with Crippen molar-refractivity contribution in [1.82, 2.24) is 9.82 Å². The Morgan fingerprint density at radius 3 is 2.60 bits per heavy atom. The Hall–Kier alpha value is -2.65. The van der Waals surface area contributed by atoms with Crippen LogP contribution >= 0.6 is 0 Å². The molecule has 0 saturated carbocycles. The number of rotatable bonds is 7. The highest BCUT2D eigenvalue weighted by Crippen LogP contribution is 2.22. The number of hydrazone groups is 1. The van der Waals surface area contributed by atoms with Gasteiger partial charge in [0, 0.05) is 17.3 Å². The minimum atomic E-state index is -3.87. The second kappa shape index (κ2) is 7.95. The Balaban J connectivity index is 2.19. The van der Waals surface area contributed by atoms with E-state index < -0.39 is 10.0 Å². The zero-order chi connectivity index (χ0) is 18.4. The van der Waals surface area contributed by atoms with Gasteiger partial charge in [-0.05, 0) is 38.1 Å². The van der Waals surface area contributed by atoms with Crippen LogP contribution in [0, 0.1) is 6.92 Å². The SMILES string of the molecule is CCOc1ccc(S(=O)(=O)NN=Cc2c(CO)cnc(C)c2O)cc1. The second-order valence-corrected chi connectivity index (χ2v) is 6.71. The molecule has 1 aromatic carbocycles. The molecule has 3 N–H and O–H groups in total. The Labute approximate surface area is 145 Å². The van der Waals surface area contributed by atoms with Crippen LogP contribution in [0.3, 0.4) is 0 Å². The number of pyridine rings is 1. The van der Waals surface area contributed by atoms with Crippen molar-refractivity contribution in [3.63, 3.8) is 0 Å². The summed E-state index contributed by atoms with van der Waals surface area (Å²) in [5, 5.41) is 22.9. The van der Waals surface area contributed by atoms with Crippen LogP contribution in [-0.4, -0.2) is 36.4 Å². The molecule has 2 rings (SSSR count). The Morgan fingerprint density at radius 1 is 1.32 bits per heavy atom. The van der Waals surface area contributed by atoms with Gasteiger partial charge in [0.05, 0.1) is 30.0 Å². The summed E-state index contributed by atoms with van der Waals surface area (Å²) in [6.07, 6.45) is 2.51. The highest BCUT2D eigenvalue weighted by Gasteiger charge is 2.14. The zero-order valence-electron chi connectivity index (χ0n) is 13.8. The van der Waals surface area contributed by atoms with Crippen LogP contribution < -0.4 is 9.57 Å². The van der Waals surface area contributed by atoms with Gasteiger partial charge in [-0.25, -0.2) is 4.83 Å². The smallest absolute Gasteiger partial charge is 0.276 e. The number of aromatic hydroxyl groups is 1. The van der Waals surface area contributed by atoms with Crippen LogP contribution in [0.15, 0.2) is 40.5 Å². The van der Waals surface area contributed by atoms with E-state index in [0.29, 0.717) is 23.6 Å².